The third-order valence-corrected chi connectivity index (χ3v) is 4.01. The van der Waals surface area contributed by atoms with Crippen LogP contribution in [0.1, 0.15) is 18.4 Å². The van der Waals surface area contributed by atoms with E-state index in [1.807, 2.05) is 17.8 Å². The van der Waals surface area contributed by atoms with Crippen LogP contribution in [0.3, 0.4) is 0 Å². The van der Waals surface area contributed by atoms with E-state index in [-0.39, 0.29) is 5.82 Å². The molecule has 0 bridgehead atoms. The summed E-state index contributed by atoms with van der Waals surface area (Å²) in [6, 6.07) is 5.26. The first kappa shape index (κ1) is 12.2. The minimum Gasteiger partial charge on any atom is -0.310 e. The second kappa shape index (κ2) is 5.89. The molecule has 0 saturated carbocycles. The van der Waals surface area contributed by atoms with Gasteiger partial charge in [0.15, 0.2) is 0 Å². The molecule has 1 aromatic rings. The van der Waals surface area contributed by atoms with Crippen LogP contribution in [0.2, 0.25) is 5.02 Å². The zero-order valence-electron chi connectivity index (χ0n) is 9.01. The fraction of sp³-hybridized carbons (Fsp3) is 0.500. The Morgan fingerprint density at radius 2 is 2.06 bits per heavy atom. The molecule has 1 fully saturated rings. The summed E-state index contributed by atoms with van der Waals surface area (Å²) in [5.74, 6) is 2.19. The van der Waals surface area contributed by atoms with E-state index < -0.39 is 0 Å². The van der Waals surface area contributed by atoms with Crippen LogP contribution in [0.25, 0.3) is 0 Å². The molecule has 1 aliphatic heterocycles. The molecule has 1 aromatic carbocycles. The molecular formula is C12H15ClFNS. The van der Waals surface area contributed by atoms with Gasteiger partial charge in [-0.05, 0) is 48.1 Å². The standard InChI is InChI=1S/C12H15ClFNS/c13-10-5-9(6-11(14)7-10)8-15-12-1-3-16-4-2-12/h5-7,12,15H,1-4,8H2. The number of rotatable bonds is 3. The zero-order valence-corrected chi connectivity index (χ0v) is 10.6. The molecule has 0 atom stereocenters. The summed E-state index contributed by atoms with van der Waals surface area (Å²) in [6.07, 6.45) is 2.40. The fourth-order valence-electron chi connectivity index (χ4n) is 1.88. The molecule has 0 amide bonds. The molecule has 2 rings (SSSR count). The summed E-state index contributed by atoms with van der Waals surface area (Å²) in [7, 11) is 0. The SMILES string of the molecule is Fc1cc(Cl)cc(CNC2CCSCC2)c1. The van der Waals surface area contributed by atoms with Gasteiger partial charge in [0.25, 0.3) is 0 Å². The van der Waals surface area contributed by atoms with Crippen molar-refractivity contribution in [2.75, 3.05) is 11.5 Å². The lowest BCUT2D eigenvalue weighted by atomic mass is 10.1. The van der Waals surface area contributed by atoms with Gasteiger partial charge in [0.05, 0.1) is 0 Å². The summed E-state index contributed by atoms with van der Waals surface area (Å²) in [4.78, 5) is 0. The lowest BCUT2D eigenvalue weighted by molar-refractivity contribution is 0.481. The van der Waals surface area contributed by atoms with Crippen LogP contribution in [-0.4, -0.2) is 17.5 Å². The summed E-state index contributed by atoms with van der Waals surface area (Å²) in [5, 5.41) is 3.92. The molecule has 16 heavy (non-hydrogen) atoms. The van der Waals surface area contributed by atoms with E-state index in [2.05, 4.69) is 5.32 Å². The highest BCUT2D eigenvalue weighted by molar-refractivity contribution is 7.99. The number of thioether (sulfide) groups is 1. The third kappa shape index (κ3) is 3.65. The Bertz CT molecular complexity index is 333. The highest BCUT2D eigenvalue weighted by Gasteiger charge is 2.12. The predicted octanol–water partition coefficient (Wildman–Crippen LogP) is 3.46. The molecule has 0 aliphatic carbocycles. The van der Waals surface area contributed by atoms with Crippen molar-refractivity contribution in [3.05, 3.63) is 34.6 Å². The van der Waals surface area contributed by atoms with Crippen LogP contribution < -0.4 is 5.32 Å². The molecule has 0 aromatic heterocycles. The predicted molar refractivity (Wildman–Crippen MR) is 68.6 cm³/mol. The number of hydrogen-bond donors (Lipinski definition) is 1. The van der Waals surface area contributed by atoms with Gasteiger partial charge in [-0.15, -0.1) is 0 Å². The Morgan fingerprint density at radius 3 is 2.75 bits per heavy atom. The van der Waals surface area contributed by atoms with Crippen molar-refractivity contribution >= 4 is 23.4 Å². The van der Waals surface area contributed by atoms with Crippen LogP contribution in [-0.2, 0) is 6.54 Å². The lowest BCUT2D eigenvalue weighted by Gasteiger charge is -2.22. The first-order valence-corrected chi connectivity index (χ1v) is 7.03. The first-order chi connectivity index (χ1) is 7.74. The van der Waals surface area contributed by atoms with Gasteiger partial charge in [0.2, 0.25) is 0 Å². The Morgan fingerprint density at radius 1 is 1.31 bits per heavy atom. The molecule has 0 unspecified atom stereocenters. The van der Waals surface area contributed by atoms with E-state index in [0.29, 0.717) is 17.6 Å². The van der Waals surface area contributed by atoms with E-state index in [1.165, 1.54) is 36.5 Å². The average Bonchev–Trinajstić information content (AvgIpc) is 2.27. The van der Waals surface area contributed by atoms with E-state index in [1.54, 1.807) is 0 Å². The summed E-state index contributed by atoms with van der Waals surface area (Å²) in [5.41, 5.74) is 0.920. The third-order valence-electron chi connectivity index (χ3n) is 2.74. The van der Waals surface area contributed by atoms with Gasteiger partial charge in [-0.25, -0.2) is 4.39 Å². The molecule has 1 N–H and O–H groups in total. The second-order valence-corrected chi connectivity index (χ2v) is 5.71. The number of halogens is 2. The van der Waals surface area contributed by atoms with Gasteiger partial charge in [-0.1, -0.05) is 11.6 Å². The first-order valence-electron chi connectivity index (χ1n) is 5.50. The Balaban J connectivity index is 1.88. The number of hydrogen-bond acceptors (Lipinski definition) is 2. The fourth-order valence-corrected chi connectivity index (χ4v) is 3.23. The molecule has 1 aliphatic rings. The van der Waals surface area contributed by atoms with Gasteiger partial charge in [-0.3, -0.25) is 0 Å². The van der Waals surface area contributed by atoms with E-state index >= 15 is 0 Å². The van der Waals surface area contributed by atoms with Gasteiger partial charge < -0.3 is 5.32 Å². The monoisotopic (exact) mass is 259 g/mol. The Kier molecular flexibility index (Phi) is 4.50. The van der Waals surface area contributed by atoms with Crippen molar-refractivity contribution < 1.29 is 4.39 Å². The molecular weight excluding hydrogens is 245 g/mol. The molecule has 1 saturated heterocycles. The van der Waals surface area contributed by atoms with Crippen LogP contribution in [0, 0.1) is 5.82 Å². The number of benzene rings is 1. The molecule has 0 spiro atoms. The van der Waals surface area contributed by atoms with Gasteiger partial charge in [0.1, 0.15) is 5.82 Å². The molecule has 88 valence electrons. The van der Waals surface area contributed by atoms with Crippen molar-refractivity contribution in [1.29, 1.82) is 0 Å². The highest BCUT2D eigenvalue weighted by Crippen LogP contribution is 2.18. The Hall–Kier alpha value is -0.250. The maximum Gasteiger partial charge on any atom is 0.125 e. The van der Waals surface area contributed by atoms with Crippen LogP contribution in [0.5, 0.6) is 0 Å². The van der Waals surface area contributed by atoms with Crippen LogP contribution >= 0.6 is 23.4 Å². The lowest BCUT2D eigenvalue weighted by Crippen LogP contribution is -2.32. The van der Waals surface area contributed by atoms with Crippen LogP contribution in [0.4, 0.5) is 4.39 Å². The van der Waals surface area contributed by atoms with E-state index in [9.17, 15) is 4.39 Å². The smallest absolute Gasteiger partial charge is 0.125 e. The number of nitrogens with one attached hydrogen (secondary N) is 1. The topological polar surface area (TPSA) is 12.0 Å². The van der Waals surface area contributed by atoms with Crippen molar-refractivity contribution in [1.82, 2.24) is 5.32 Å². The van der Waals surface area contributed by atoms with Crippen molar-refractivity contribution in [2.45, 2.75) is 25.4 Å². The summed E-state index contributed by atoms with van der Waals surface area (Å²) in [6.45, 7) is 0.701. The van der Waals surface area contributed by atoms with E-state index in [0.717, 1.165) is 5.56 Å². The Labute approximate surface area is 105 Å². The van der Waals surface area contributed by atoms with Crippen molar-refractivity contribution in [2.24, 2.45) is 0 Å². The van der Waals surface area contributed by atoms with Gasteiger partial charge >= 0.3 is 0 Å². The highest BCUT2D eigenvalue weighted by atomic mass is 35.5. The summed E-state index contributed by atoms with van der Waals surface area (Å²) >= 11 is 7.80. The average molecular weight is 260 g/mol. The molecule has 1 nitrogen and oxygen atoms in total. The maximum absolute atomic E-state index is 13.1. The normalized spacial score (nSPS) is 17.6. The van der Waals surface area contributed by atoms with Crippen molar-refractivity contribution in [3.63, 3.8) is 0 Å². The van der Waals surface area contributed by atoms with E-state index in [4.69, 9.17) is 11.6 Å². The molecule has 0 radical (unpaired) electrons. The van der Waals surface area contributed by atoms with Crippen LogP contribution in [0.15, 0.2) is 18.2 Å². The molecule has 4 heteroatoms. The minimum atomic E-state index is -0.261. The maximum atomic E-state index is 13.1. The second-order valence-electron chi connectivity index (χ2n) is 4.05. The largest absolute Gasteiger partial charge is 0.310 e. The van der Waals surface area contributed by atoms with Gasteiger partial charge in [-0.2, -0.15) is 11.8 Å². The minimum absolute atomic E-state index is 0.261. The molecule has 1 heterocycles. The summed E-state index contributed by atoms with van der Waals surface area (Å²) < 4.78 is 13.1. The van der Waals surface area contributed by atoms with Crippen molar-refractivity contribution in [3.8, 4) is 0 Å². The van der Waals surface area contributed by atoms with Gasteiger partial charge in [0, 0.05) is 17.6 Å². The zero-order chi connectivity index (χ0) is 11.4. The quantitative estimate of drug-likeness (QED) is 0.892.